The van der Waals surface area contributed by atoms with Crippen molar-refractivity contribution >= 4 is 17.2 Å². The number of thiazole rings is 1. The third-order valence-electron chi connectivity index (χ3n) is 2.93. The maximum atomic E-state index is 11.4. The maximum Gasteiger partial charge on any atom is 0.219 e. The van der Waals surface area contributed by atoms with E-state index in [1.54, 1.807) is 17.5 Å². The molecule has 0 aromatic carbocycles. The van der Waals surface area contributed by atoms with Gasteiger partial charge in [-0.3, -0.25) is 9.78 Å². The van der Waals surface area contributed by atoms with Gasteiger partial charge in [0.1, 0.15) is 5.01 Å². The average Bonchev–Trinajstić information content (AvgIpc) is 2.82. The molecule has 0 atom stereocenters. The highest BCUT2D eigenvalue weighted by molar-refractivity contribution is 7.15. The Morgan fingerprint density at radius 3 is 2.95 bits per heavy atom. The molecule has 5 heteroatoms. The lowest BCUT2D eigenvalue weighted by Gasteiger charge is -2.02. The maximum absolute atomic E-state index is 11.4. The molecule has 2 heterocycles. The second-order valence-corrected chi connectivity index (χ2v) is 5.68. The lowest BCUT2D eigenvalue weighted by molar-refractivity contribution is -0.121. The molecule has 1 amide bonds. The minimum Gasteiger partial charge on any atom is -0.356 e. The van der Waals surface area contributed by atoms with Crippen molar-refractivity contribution in [1.29, 1.82) is 0 Å². The van der Waals surface area contributed by atoms with Gasteiger partial charge in [0.25, 0.3) is 0 Å². The molecule has 0 aliphatic heterocycles. The van der Waals surface area contributed by atoms with Crippen LogP contribution in [0.1, 0.15) is 30.3 Å². The molecule has 4 nitrogen and oxygen atoms in total. The molecule has 106 valence electrons. The van der Waals surface area contributed by atoms with Gasteiger partial charge in [-0.1, -0.05) is 13.0 Å². The van der Waals surface area contributed by atoms with Crippen LogP contribution in [0.2, 0.25) is 0 Å². The summed E-state index contributed by atoms with van der Waals surface area (Å²) in [5.74, 6) is 0.125. The summed E-state index contributed by atoms with van der Waals surface area (Å²) in [5.41, 5.74) is 1.93. The molecule has 2 rings (SSSR count). The standard InChI is InChI=1S/C15H19N3OS/c1-3-6-14(19)17-10-8-13-11(2)18-15(20-13)12-7-4-5-9-16-12/h4-5,7,9H,3,6,8,10H2,1-2H3,(H,17,19). The first-order valence-corrected chi connectivity index (χ1v) is 7.66. The van der Waals surface area contributed by atoms with E-state index in [4.69, 9.17) is 0 Å². The number of aromatic nitrogens is 2. The second-order valence-electron chi connectivity index (χ2n) is 4.59. The van der Waals surface area contributed by atoms with Crippen molar-refractivity contribution in [3.05, 3.63) is 35.0 Å². The smallest absolute Gasteiger partial charge is 0.219 e. The fourth-order valence-electron chi connectivity index (χ4n) is 1.89. The van der Waals surface area contributed by atoms with Crippen LogP contribution in [-0.4, -0.2) is 22.4 Å². The molecule has 0 spiro atoms. The Bertz CT molecular complexity index is 566. The van der Waals surface area contributed by atoms with Gasteiger partial charge in [0, 0.05) is 30.5 Å². The first kappa shape index (κ1) is 14.7. The Balaban J connectivity index is 1.96. The summed E-state index contributed by atoms with van der Waals surface area (Å²) in [6, 6.07) is 5.82. The summed E-state index contributed by atoms with van der Waals surface area (Å²) in [6.45, 7) is 4.68. The fraction of sp³-hybridized carbons (Fsp3) is 0.400. The van der Waals surface area contributed by atoms with E-state index >= 15 is 0 Å². The molecule has 0 fully saturated rings. The van der Waals surface area contributed by atoms with Gasteiger partial charge in [0.2, 0.25) is 5.91 Å². The minimum absolute atomic E-state index is 0.125. The Hall–Kier alpha value is -1.75. The molecule has 2 aromatic rings. The average molecular weight is 289 g/mol. The van der Waals surface area contributed by atoms with E-state index in [0.29, 0.717) is 13.0 Å². The van der Waals surface area contributed by atoms with Gasteiger partial charge in [0.15, 0.2) is 0 Å². The normalized spacial score (nSPS) is 10.5. The summed E-state index contributed by atoms with van der Waals surface area (Å²) in [5, 5.41) is 3.88. The second kappa shape index (κ2) is 7.14. The van der Waals surface area contributed by atoms with E-state index < -0.39 is 0 Å². The SMILES string of the molecule is CCCC(=O)NCCc1sc(-c2ccccn2)nc1C. The minimum atomic E-state index is 0.125. The van der Waals surface area contributed by atoms with Crippen LogP contribution in [0.5, 0.6) is 0 Å². The number of aryl methyl sites for hydroxylation is 1. The van der Waals surface area contributed by atoms with Gasteiger partial charge in [0.05, 0.1) is 11.4 Å². The Kier molecular flexibility index (Phi) is 5.24. The van der Waals surface area contributed by atoms with Crippen molar-refractivity contribution in [2.75, 3.05) is 6.54 Å². The number of amides is 1. The van der Waals surface area contributed by atoms with Gasteiger partial charge in [-0.25, -0.2) is 4.98 Å². The summed E-state index contributed by atoms with van der Waals surface area (Å²) in [7, 11) is 0. The van der Waals surface area contributed by atoms with Crippen LogP contribution in [0.3, 0.4) is 0 Å². The lowest BCUT2D eigenvalue weighted by Crippen LogP contribution is -2.25. The molecule has 1 N–H and O–H groups in total. The molecular formula is C15H19N3OS. The summed E-state index contributed by atoms with van der Waals surface area (Å²) < 4.78 is 0. The molecule has 2 aromatic heterocycles. The molecule has 0 aliphatic rings. The highest BCUT2D eigenvalue weighted by atomic mass is 32.1. The van der Waals surface area contributed by atoms with Gasteiger partial charge < -0.3 is 5.32 Å². The zero-order chi connectivity index (χ0) is 14.4. The predicted octanol–water partition coefficient (Wildman–Crippen LogP) is 2.97. The number of hydrogen-bond donors (Lipinski definition) is 1. The highest BCUT2D eigenvalue weighted by Gasteiger charge is 2.10. The zero-order valence-electron chi connectivity index (χ0n) is 11.8. The van der Waals surface area contributed by atoms with Gasteiger partial charge in [-0.15, -0.1) is 11.3 Å². The van der Waals surface area contributed by atoms with Crippen molar-refractivity contribution in [2.45, 2.75) is 33.1 Å². The van der Waals surface area contributed by atoms with E-state index in [9.17, 15) is 4.79 Å². The lowest BCUT2D eigenvalue weighted by atomic mass is 10.3. The van der Waals surface area contributed by atoms with Crippen LogP contribution < -0.4 is 5.32 Å². The quantitative estimate of drug-likeness (QED) is 0.889. The third-order valence-corrected chi connectivity index (χ3v) is 4.17. The first-order chi connectivity index (χ1) is 9.70. The van der Waals surface area contributed by atoms with Crippen LogP contribution in [0.15, 0.2) is 24.4 Å². The molecular weight excluding hydrogens is 270 g/mol. The number of pyridine rings is 1. The van der Waals surface area contributed by atoms with Crippen LogP contribution in [0, 0.1) is 6.92 Å². The molecule has 0 saturated carbocycles. The number of carbonyl (C=O) groups is 1. The number of nitrogens with one attached hydrogen (secondary N) is 1. The van der Waals surface area contributed by atoms with E-state index in [1.165, 1.54) is 4.88 Å². The van der Waals surface area contributed by atoms with Crippen molar-refractivity contribution in [3.8, 4) is 10.7 Å². The van der Waals surface area contributed by atoms with E-state index in [-0.39, 0.29) is 5.91 Å². The largest absolute Gasteiger partial charge is 0.356 e. The number of hydrogen-bond acceptors (Lipinski definition) is 4. The molecule has 0 unspecified atom stereocenters. The van der Waals surface area contributed by atoms with Gasteiger partial charge in [-0.2, -0.15) is 0 Å². The van der Waals surface area contributed by atoms with Gasteiger partial charge >= 0.3 is 0 Å². The first-order valence-electron chi connectivity index (χ1n) is 6.85. The number of nitrogens with zero attached hydrogens (tertiary/aromatic N) is 2. The predicted molar refractivity (Wildman–Crippen MR) is 81.7 cm³/mol. The molecule has 0 saturated heterocycles. The van der Waals surface area contributed by atoms with Gasteiger partial charge in [-0.05, 0) is 25.5 Å². The monoisotopic (exact) mass is 289 g/mol. The Labute approximate surface area is 123 Å². The molecule has 0 bridgehead atoms. The summed E-state index contributed by atoms with van der Waals surface area (Å²) in [4.78, 5) is 21.5. The van der Waals surface area contributed by atoms with E-state index in [0.717, 1.165) is 29.2 Å². The third kappa shape index (κ3) is 3.87. The Morgan fingerprint density at radius 1 is 1.40 bits per heavy atom. The number of rotatable bonds is 6. The van der Waals surface area contributed by atoms with Crippen LogP contribution in [0.25, 0.3) is 10.7 Å². The van der Waals surface area contributed by atoms with Crippen LogP contribution in [-0.2, 0) is 11.2 Å². The molecule has 20 heavy (non-hydrogen) atoms. The molecule has 0 radical (unpaired) electrons. The summed E-state index contributed by atoms with van der Waals surface area (Å²) in [6.07, 6.45) is 4.08. The van der Waals surface area contributed by atoms with Crippen molar-refractivity contribution in [3.63, 3.8) is 0 Å². The highest BCUT2D eigenvalue weighted by Crippen LogP contribution is 2.26. The fourth-order valence-corrected chi connectivity index (χ4v) is 2.93. The zero-order valence-corrected chi connectivity index (χ0v) is 12.7. The Morgan fingerprint density at radius 2 is 2.25 bits per heavy atom. The summed E-state index contributed by atoms with van der Waals surface area (Å²) >= 11 is 1.65. The van der Waals surface area contributed by atoms with E-state index in [1.807, 2.05) is 32.0 Å². The number of carbonyl (C=O) groups excluding carboxylic acids is 1. The van der Waals surface area contributed by atoms with Crippen molar-refractivity contribution in [1.82, 2.24) is 15.3 Å². The van der Waals surface area contributed by atoms with Crippen LogP contribution in [0.4, 0.5) is 0 Å². The molecule has 0 aliphatic carbocycles. The van der Waals surface area contributed by atoms with Crippen molar-refractivity contribution < 1.29 is 4.79 Å². The van der Waals surface area contributed by atoms with Crippen LogP contribution >= 0.6 is 11.3 Å². The van der Waals surface area contributed by atoms with E-state index in [2.05, 4.69) is 15.3 Å². The van der Waals surface area contributed by atoms with Crippen molar-refractivity contribution in [2.24, 2.45) is 0 Å². The topological polar surface area (TPSA) is 54.9 Å².